The van der Waals surface area contributed by atoms with Crippen molar-refractivity contribution in [2.45, 2.75) is 6.54 Å². The second-order valence-corrected chi connectivity index (χ2v) is 6.80. The molecule has 0 saturated carbocycles. The molecule has 4 aromatic rings. The fourth-order valence-electron chi connectivity index (χ4n) is 2.88. The third-order valence-corrected chi connectivity index (χ3v) is 4.96. The number of nitrogens with zero attached hydrogens (tertiary/aromatic N) is 3. The highest BCUT2D eigenvalue weighted by molar-refractivity contribution is 7.11. The highest BCUT2D eigenvalue weighted by Crippen LogP contribution is 2.26. The average Bonchev–Trinajstić information content (AvgIpc) is 3.32. The number of fused-ring (bicyclic) bond motifs is 3. The number of aromatic nitrogens is 3. The first kappa shape index (κ1) is 17.2. The molecule has 0 amide bonds. The molecule has 3 heterocycles. The number of nitrogens with two attached hydrogens (primary N) is 1. The van der Waals surface area contributed by atoms with Crippen molar-refractivity contribution in [3.63, 3.8) is 0 Å². The van der Waals surface area contributed by atoms with Crippen molar-refractivity contribution in [3.05, 3.63) is 52.5 Å². The standard InChI is InChI=1S/C20H16N4O2S/c21-20-18-19(16-5-1-2-6-17(16)23-20)24(13-22-18)7-9-26-8-3-4-14-10-15(11-25)27-12-14/h1-2,5-6,10-13H,7-9H2,(H2,21,23). The van der Waals surface area contributed by atoms with E-state index in [9.17, 15) is 4.79 Å². The van der Waals surface area contributed by atoms with E-state index in [0.717, 1.165) is 28.3 Å². The van der Waals surface area contributed by atoms with Crippen molar-refractivity contribution in [1.29, 1.82) is 0 Å². The van der Waals surface area contributed by atoms with Crippen LogP contribution < -0.4 is 5.73 Å². The van der Waals surface area contributed by atoms with Crippen molar-refractivity contribution in [1.82, 2.24) is 14.5 Å². The third kappa shape index (κ3) is 3.53. The number of hydrogen-bond donors (Lipinski definition) is 1. The van der Waals surface area contributed by atoms with Gasteiger partial charge in [0.2, 0.25) is 0 Å². The van der Waals surface area contributed by atoms with Crippen LogP contribution in [0.1, 0.15) is 15.2 Å². The minimum Gasteiger partial charge on any atom is -0.382 e. The summed E-state index contributed by atoms with van der Waals surface area (Å²) in [6.45, 7) is 1.46. The summed E-state index contributed by atoms with van der Waals surface area (Å²) in [5.41, 5.74) is 9.39. The first-order valence-corrected chi connectivity index (χ1v) is 9.23. The van der Waals surface area contributed by atoms with Crippen LogP contribution in [-0.4, -0.2) is 34.0 Å². The lowest BCUT2D eigenvalue weighted by molar-refractivity contribution is 0.112. The van der Waals surface area contributed by atoms with Crippen LogP contribution in [0.2, 0.25) is 0 Å². The zero-order chi connectivity index (χ0) is 18.6. The molecule has 0 aliphatic carbocycles. The predicted octanol–water partition coefficient (Wildman–Crippen LogP) is 3.11. The SMILES string of the molecule is Nc1nc2ccccc2c2c1ncn2CCOCC#Cc1csc(C=O)c1. The molecule has 0 atom stereocenters. The highest BCUT2D eigenvalue weighted by atomic mass is 32.1. The molecule has 0 saturated heterocycles. The van der Waals surface area contributed by atoms with Crippen LogP contribution in [0.5, 0.6) is 0 Å². The molecule has 0 spiro atoms. The minimum atomic E-state index is 0.323. The number of anilines is 1. The number of ether oxygens (including phenoxy) is 1. The number of carbonyl (C=O) groups excluding carboxylic acids is 1. The number of nitrogen functional groups attached to an aromatic ring is 1. The summed E-state index contributed by atoms with van der Waals surface area (Å²) < 4.78 is 7.64. The van der Waals surface area contributed by atoms with Gasteiger partial charge >= 0.3 is 0 Å². The van der Waals surface area contributed by atoms with Gasteiger partial charge < -0.3 is 15.0 Å². The summed E-state index contributed by atoms with van der Waals surface area (Å²) in [6.07, 6.45) is 2.59. The molecule has 0 fully saturated rings. The second-order valence-electron chi connectivity index (χ2n) is 5.86. The van der Waals surface area contributed by atoms with Gasteiger partial charge in [-0.15, -0.1) is 11.3 Å². The molecule has 0 unspecified atom stereocenters. The zero-order valence-electron chi connectivity index (χ0n) is 14.4. The molecular formula is C20H16N4O2S. The fraction of sp³-hybridized carbons (Fsp3) is 0.150. The Kier molecular flexibility index (Phi) is 4.83. The summed E-state index contributed by atoms with van der Waals surface area (Å²) in [7, 11) is 0. The minimum absolute atomic E-state index is 0.323. The Morgan fingerprint density at radius 1 is 1.33 bits per heavy atom. The van der Waals surface area contributed by atoms with Crippen LogP contribution in [0.3, 0.4) is 0 Å². The van der Waals surface area contributed by atoms with E-state index in [-0.39, 0.29) is 0 Å². The number of benzene rings is 1. The van der Waals surface area contributed by atoms with Crippen LogP contribution in [0.4, 0.5) is 5.82 Å². The lowest BCUT2D eigenvalue weighted by atomic mass is 10.2. The van der Waals surface area contributed by atoms with Crippen LogP contribution in [0.15, 0.2) is 42.0 Å². The van der Waals surface area contributed by atoms with E-state index in [1.807, 2.05) is 34.2 Å². The van der Waals surface area contributed by atoms with E-state index in [1.165, 1.54) is 11.3 Å². The number of hydrogen-bond acceptors (Lipinski definition) is 6. The van der Waals surface area contributed by atoms with Gasteiger partial charge in [-0.05, 0) is 12.1 Å². The smallest absolute Gasteiger partial charge is 0.160 e. The van der Waals surface area contributed by atoms with Gasteiger partial charge in [0, 0.05) is 22.9 Å². The summed E-state index contributed by atoms with van der Waals surface area (Å²) in [5.74, 6) is 6.38. The van der Waals surface area contributed by atoms with Gasteiger partial charge in [0.05, 0.1) is 28.8 Å². The van der Waals surface area contributed by atoms with Gasteiger partial charge in [-0.1, -0.05) is 30.0 Å². The number of imidazole rings is 1. The van der Waals surface area contributed by atoms with Crippen LogP contribution in [0, 0.1) is 11.8 Å². The Bertz CT molecular complexity index is 1180. The number of para-hydroxylation sites is 1. The molecule has 27 heavy (non-hydrogen) atoms. The molecule has 3 aromatic heterocycles. The van der Waals surface area contributed by atoms with E-state index in [0.29, 0.717) is 36.0 Å². The Morgan fingerprint density at radius 3 is 3.07 bits per heavy atom. The van der Waals surface area contributed by atoms with Crippen LogP contribution in [0.25, 0.3) is 21.9 Å². The van der Waals surface area contributed by atoms with Gasteiger partial charge in [-0.25, -0.2) is 9.97 Å². The molecule has 1 aromatic carbocycles. The van der Waals surface area contributed by atoms with E-state index in [2.05, 4.69) is 21.8 Å². The molecule has 134 valence electrons. The van der Waals surface area contributed by atoms with Crippen molar-refractivity contribution < 1.29 is 9.53 Å². The summed E-state index contributed by atoms with van der Waals surface area (Å²) in [4.78, 5) is 20.1. The Labute approximate surface area is 159 Å². The summed E-state index contributed by atoms with van der Waals surface area (Å²) >= 11 is 1.38. The maximum absolute atomic E-state index is 10.7. The van der Waals surface area contributed by atoms with Crippen LogP contribution >= 0.6 is 11.3 Å². The number of thiophene rings is 1. The first-order chi connectivity index (χ1) is 13.3. The van der Waals surface area contributed by atoms with E-state index in [1.54, 1.807) is 12.4 Å². The largest absolute Gasteiger partial charge is 0.382 e. The highest BCUT2D eigenvalue weighted by Gasteiger charge is 2.11. The first-order valence-electron chi connectivity index (χ1n) is 8.35. The number of aldehydes is 1. The van der Waals surface area contributed by atoms with Gasteiger partial charge in [-0.3, -0.25) is 4.79 Å². The quantitative estimate of drug-likeness (QED) is 0.329. The monoisotopic (exact) mass is 376 g/mol. The second kappa shape index (κ2) is 7.58. The van der Waals surface area contributed by atoms with E-state index >= 15 is 0 Å². The third-order valence-electron chi connectivity index (χ3n) is 4.10. The van der Waals surface area contributed by atoms with Crippen molar-refractivity contribution in [2.75, 3.05) is 18.9 Å². The Hall–Kier alpha value is -3.21. The van der Waals surface area contributed by atoms with Gasteiger partial charge in [0.25, 0.3) is 0 Å². The molecule has 0 radical (unpaired) electrons. The predicted molar refractivity (Wildman–Crippen MR) is 107 cm³/mol. The van der Waals surface area contributed by atoms with Crippen LogP contribution in [-0.2, 0) is 11.3 Å². The molecule has 7 heteroatoms. The Morgan fingerprint density at radius 2 is 2.22 bits per heavy atom. The molecule has 0 aliphatic rings. The van der Waals surface area contributed by atoms with Crippen molar-refractivity contribution in [3.8, 4) is 11.8 Å². The molecule has 0 aliphatic heterocycles. The summed E-state index contributed by atoms with van der Waals surface area (Å²) in [5, 5.41) is 2.88. The molecule has 6 nitrogen and oxygen atoms in total. The van der Waals surface area contributed by atoms with E-state index < -0.39 is 0 Å². The molecular weight excluding hydrogens is 360 g/mol. The van der Waals surface area contributed by atoms with Gasteiger partial charge in [-0.2, -0.15) is 0 Å². The lowest BCUT2D eigenvalue weighted by Gasteiger charge is -2.07. The fourth-order valence-corrected chi connectivity index (χ4v) is 3.52. The zero-order valence-corrected chi connectivity index (χ0v) is 15.2. The molecule has 2 N–H and O–H groups in total. The maximum atomic E-state index is 10.7. The Balaban J connectivity index is 1.43. The van der Waals surface area contributed by atoms with Crippen molar-refractivity contribution >= 4 is 45.4 Å². The summed E-state index contributed by atoms with van der Waals surface area (Å²) in [6, 6.07) is 9.64. The number of carbonyl (C=O) groups is 1. The topological polar surface area (TPSA) is 83.0 Å². The van der Waals surface area contributed by atoms with E-state index in [4.69, 9.17) is 10.5 Å². The van der Waals surface area contributed by atoms with Gasteiger partial charge in [0.1, 0.15) is 12.1 Å². The average molecular weight is 376 g/mol. The molecule has 0 bridgehead atoms. The lowest BCUT2D eigenvalue weighted by Crippen LogP contribution is -2.06. The van der Waals surface area contributed by atoms with Crippen molar-refractivity contribution in [2.24, 2.45) is 0 Å². The number of rotatable bonds is 5. The number of pyridine rings is 1. The molecule has 4 rings (SSSR count). The normalized spacial score (nSPS) is 10.8. The maximum Gasteiger partial charge on any atom is 0.160 e. The van der Waals surface area contributed by atoms with Gasteiger partial charge in [0.15, 0.2) is 12.1 Å².